The predicted octanol–water partition coefficient (Wildman–Crippen LogP) is 2.68. The van der Waals surface area contributed by atoms with E-state index >= 15 is 0 Å². The summed E-state index contributed by atoms with van der Waals surface area (Å²) in [6.45, 7) is 5.73. The second-order valence-corrected chi connectivity index (χ2v) is 6.50. The van der Waals surface area contributed by atoms with Gasteiger partial charge in [-0.3, -0.25) is 4.90 Å². The van der Waals surface area contributed by atoms with E-state index in [2.05, 4.69) is 35.3 Å². The van der Waals surface area contributed by atoms with Gasteiger partial charge < -0.3 is 5.32 Å². The van der Waals surface area contributed by atoms with Crippen molar-refractivity contribution in [3.63, 3.8) is 0 Å². The van der Waals surface area contributed by atoms with Crippen molar-refractivity contribution in [3.05, 3.63) is 35.9 Å². The Labute approximate surface area is 128 Å². The zero-order valence-corrected chi connectivity index (χ0v) is 12.9. The fourth-order valence-corrected chi connectivity index (χ4v) is 3.92. The summed E-state index contributed by atoms with van der Waals surface area (Å²) >= 11 is 0. The molecule has 1 aliphatic carbocycles. The average molecular weight is 283 g/mol. The minimum atomic E-state index is -0.251. The lowest BCUT2D eigenvalue weighted by Gasteiger charge is -2.44. The standard InChI is InChI=1S/C18H25N3/c1-2-21-10-6-9-17(21)13-20-16-11-18(12-16,14-19)15-7-4-3-5-8-15/h3-5,7-8,16-17,20H,2,6,9-13H2,1H3. The van der Waals surface area contributed by atoms with E-state index in [-0.39, 0.29) is 5.41 Å². The molecule has 0 bridgehead atoms. The highest BCUT2D eigenvalue weighted by atomic mass is 15.2. The Morgan fingerprint density at radius 2 is 2.10 bits per heavy atom. The van der Waals surface area contributed by atoms with Gasteiger partial charge in [-0.25, -0.2) is 0 Å². The molecule has 0 amide bonds. The lowest BCUT2D eigenvalue weighted by Crippen LogP contribution is -2.53. The molecule has 0 radical (unpaired) electrons. The number of benzene rings is 1. The Balaban J connectivity index is 1.52. The van der Waals surface area contributed by atoms with Crippen LogP contribution in [-0.2, 0) is 5.41 Å². The maximum atomic E-state index is 9.58. The quantitative estimate of drug-likeness (QED) is 0.903. The summed E-state index contributed by atoms with van der Waals surface area (Å²) in [5.41, 5.74) is 0.931. The van der Waals surface area contributed by atoms with Crippen LogP contribution in [0.5, 0.6) is 0 Å². The van der Waals surface area contributed by atoms with E-state index in [9.17, 15) is 5.26 Å². The monoisotopic (exact) mass is 283 g/mol. The molecule has 0 aromatic heterocycles. The van der Waals surface area contributed by atoms with Gasteiger partial charge in [-0.05, 0) is 44.3 Å². The lowest BCUT2D eigenvalue weighted by molar-refractivity contribution is 0.196. The predicted molar refractivity (Wildman–Crippen MR) is 85.0 cm³/mol. The molecule has 2 fully saturated rings. The molecule has 1 aliphatic heterocycles. The summed E-state index contributed by atoms with van der Waals surface area (Å²) in [5.74, 6) is 0. The van der Waals surface area contributed by atoms with Gasteiger partial charge in [0.1, 0.15) is 0 Å². The highest BCUT2D eigenvalue weighted by Gasteiger charge is 2.46. The highest BCUT2D eigenvalue weighted by Crippen LogP contribution is 2.43. The van der Waals surface area contributed by atoms with Crippen molar-refractivity contribution in [2.24, 2.45) is 0 Å². The SMILES string of the molecule is CCN1CCCC1CNC1CC(C#N)(c2ccccc2)C1. The van der Waals surface area contributed by atoms with Crippen molar-refractivity contribution in [3.8, 4) is 6.07 Å². The summed E-state index contributed by atoms with van der Waals surface area (Å²) < 4.78 is 0. The second-order valence-electron chi connectivity index (χ2n) is 6.50. The van der Waals surface area contributed by atoms with Crippen LogP contribution in [0.1, 0.15) is 38.2 Å². The first-order chi connectivity index (χ1) is 10.3. The summed E-state index contributed by atoms with van der Waals surface area (Å²) in [6, 6.07) is 14.0. The molecule has 1 saturated carbocycles. The molecule has 1 aromatic carbocycles. The zero-order chi connectivity index (χ0) is 14.7. The molecule has 1 atom stereocenters. The minimum absolute atomic E-state index is 0.251. The molecule has 21 heavy (non-hydrogen) atoms. The molecule has 1 unspecified atom stereocenters. The molecule has 1 aromatic rings. The van der Waals surface area contributed by atoms with Gasteiger partial charge in [-0.2, -0.15) is 5.26 Å². The Morgan fingerprint density at radius 3 is 2.76 bits per heavy atom. The summed E-state index contributed by atoms with van der Waals surface area (Å²) in [7, 11) is 0. The van der Waals surface area contributed by atoms with E-state index in [1.807, 2.05) is 18.2 Å². The van der Waals surface area contributed by atoms with Gasteiger partial charge in [-0.1, -0.05) is 37.3 Å². The van der Waals surface area contributed by atoms with Crippen LogP contribution in [-0.4, -0.2) is 36.6 Å². The van der Waals surface area contributed by atoms with Crippen molar-refractivity contribution in [1.82, 2.24) is 10.2 Å². The van der Waals surface area contributed by atoms with Crippen LogP contribution < -0.4 is 5.32 Å². The normalized spacial score (nSPS) is 32.6. The third-order valence-corrected chi connectivity index (χ3v) is 5.28. The minimum Gasteiger partial charge on any atom is -0.312 e. The maximum Gasteiger partial charge on any atom is 0.0852 e. The second kappa shape index (κ2) is 6.17. The van der Waals surface area contributed by atoms with Gasteiger partial charge >= 0.3 is 0 Å². The Kier molecular flexibility index (Phi) is 4.28. The third-order valence-electron chi connectivity index (χ3n) is 5.28. The molecule has 0 spiro atoms. The van der Waals surface area contributed by atoms with Gasteiger partial charge in [0.25, 0.3) is 0 Å². The van der Waals surface area contributed by atoms with Crippen molar-refractivity contribution < 1.29 is 0 Å². The van der Waals surface area contributed by atoms with Gasteiger partial charge in [0.15, 0.2) is 0 Å². The zero-order valence-electron chi connectivity index (χ0n) is 12.9. The number of nitriles is 1. The van der Waals surface area contributed by atoms with Gasteiger partial charge in [0.2, 0.25) is 0 Å². The first-order valence-electron chi connectivity index (χ1n) is 8.21. The van der Waals surface area contributed by atoms with Crippen LogP contribution in [0.2, 0.25) is 0 Å². The van der Waals surface area contributed by atoms with Crippen LogP contribution in [0.4, 0.5) is 0 Å². The molecule has 1 heterocycles. The molecule has 1 N–H and O–H groups in total. The summed E-state index contributed by atoms with van der Waals surface area (Å²) in [4.78, 5) is 2.57. The fraction of sp³-hybridized carbons (Fsp3) is 0.611. The highest BCUT2D eigenvalue weighted by molar-refractivity contribution is 5.36. The number of likely N-dealkylation sites (N-methyl/N-ethyl adjacent to an activating group) is 1. The van der Waals surface area contributed by atoms with E-state index in [0.29, 0.717) is 12.1 Å². The van der Waals surface area contributed by atoms with E-state index in [0.717, 1.165) is 25.9 Å². The third kappa shape index (κ3) is 2.84. The maximum absolute atomic E-state index is 9.58. The summed E-state index contributed by atoms with van der Waals surface area (Å²) in [6.07, 6.45) is 4.55. The molecular weight excluding hydrogens is 258 g/mol. The fourth-order valence-electron chi connectivity index (χ4n) is 3.92. The van der Waals surface area contributed by atoms with Crippen molar-refractivity contribution in [2.45, 2.75) is 50.1 Å². The van der Waals surface area contributed by atoms with E-state index < -0.39 is 0 Å². The lowest BCUT2D eigenvalue weighted by atomic mass is 9.62. The number of hydrogen-bond acceptors (Lipinski definition) is 3. The van der Waals surface area contributed by atoms with E-state index in [1.54, 1.807) is 0 Å². The molecule has 3 rings (SSSR count). The van der Waals surface area contributed by atoms with E-state index in [4.69, 9.17) is 0 Å². The number of likely N-dealkylation sites (tertiary alicyclic amines) is 1. The van der Waals surface area contributed by atoms with Crippen LogP contribution in [0.25, 0.3) is 0 Å². The Hall–Kier alpha value is -1.37. The van der Waals surface area contributed by atoms with Gasteiger partial charge in [0.05, 0.1) is 11.5 Å². The van der Waals surface area contributed by atoms with Crippen LogP contribution in [0, 0.1) is 11.3 Å². The number of rotatable bonds is 5. The molecule has 2 aliphatic rings. The van der Waals surface area contributed by atoms with Crippen molar-refractivity contribution in [2.75, 3.05) is 19.6 Å². The van der Waals surface area contributed by atoms with Crippen LogP contribution >= 0.6 is 0 Å². The number of nitrogens with zero attached hydrogens (tertiary/aromatic N) is 2. The van der Waals surface area contributed by atoms with Gasteiger partial charge in [0, 0.05) is 18.6 Å². The number of hydrogen-bond donors (Lipinski definition) is 1. The Bertz CT molecular complexity index is 499. The molecule has 112 valence electrons. The van der Waals surface area contributed by atoms with E-state index in [1.165, 1.54) is 24.9 Å². The largest absolute Gasteiger partial charge is 0.312 e. The molecule has 3 nitrogen and oxygen atoms in total. The Morgan fingerprint density at radius 1 is 1.33 bits per heavy atom. The van der Waals surface area contributed by atoms with Crippen LogP contribution in [0.15, 0.2) is 30.3 Å². The average Bonchev–Trinajstić information content (AvgIpc) is 2.95. The smallest absolute Gasteiger partial charge is 0.0852 e. The number of nitrogens with one attached hydrogen (secondary N) is 1. The summed E-state index contributed by atoms with van der Waals surface area (Å²) in [5, 5.41) is 13.3. The first kappa shape index (κ1) is 14.6. The van der Waals surface area contributed by atoms with Crippen molar-refractivity contribution in [1.29, 1.82) is 5.26 Å². The van der Waals surface area contributed by atoms with Gasteiger partial charge in [-0.15, -0.1) is 0 Å². The molecular formula is C18H25N3. The first-order valence-corrected chi connectivity index (χ1v) is 8.21. The molecule has 1 saturated heterocycles. The van der Waals surface area contributed by atoms with Crippen LogP contribution in [0.3, 0.4) is 0 Å². The van der Waals surface area contributed by atoms with Crippen molar-refractivity contribution >= 4 is 0 Å². The molecule has 3 heteroatoms. The topological polar surface area (TPSA) is 39.1 Å².